The minimum atomic E-state index is 0.0205. The topological polar surface area (TPSA) is 20.2 Å². The number of rotatable bonds is 3. The van der Waals surface area contributed by atoms with Crippen molar-refractivity contribution in [3.05, 3.63) is 70.7 Å². The molecule has 0 fully saturated rings. The molecule has 0 aliphatic rings. The van der Waals surface area contributed by atoms with Gasteiger partial charge in [-0.3, -0.25) is 0 Å². The predicted octanol–water partition coefficient (Wildman–Crippen LogP) is 3.87. The number of hydrogen-bond acceptors (Lipinski definition) is 1. The highest BCUT2D eigenvalue weighted by Crippen LogP contribution is 2.18. The van der Waals surface area contributed by atoms with E-state index in [1.807, 2.05) is 60.7 Å². The second-order valence-electron chi connectivity index (χ2n) is 3.75. The third-order valence-electron chi connectivity index (χ3n) is 2.53. The van der Waals surface area contributed by atoms with Crippen molar-refractivity contribution in [1.29, 1.82) is 0 Å². The van der Waals surface area contributed by atoms with Crippen molar-refractivity contribution >= 4 is 23.3 Å². The minimum absolute atomic E-state index is 0.0205. The third-order valence-corrected chi connectivity index (χ3v) is 2.78. The molecule has 17 heavy (non-hydrogen) atoms. The maximum absolute atomic E-state index is 9.40. The van der Waals surface area contributed by atoms with E-state index in [2.05, 4.69) is 0 Å². The van der Waals surface area contributed by atoms with Gasteiger partial charge in [-0.2, -0.15) is 0 Å². The summed E-state index contributed by atoms with van der Waals surface area (Å²) in [6.45, 7) is 0.0205. The summed E-state index contributed by atoms with van der Waals surface area (Å²) < 4.78 is 0. The largest absolute Gasteiger partial charge is 0.392 e. The zero-order valence-corrected chi connectivity index (χ0v) is 10.1. The summed E-state index contributed by atoms with van der Waals surface area (Å²) in [7, 11) is 0. The van der Waals surface area contributed by atoms with Crippen molar-refractivity contribution in [2.24, 2.45) is 0 Å². The molecule has 0 amide bonds. The molecule has 0 saturated heterocycles. The van der Waals surface area contributed by atoms with Crippen LogP contribution in [0.5, 0.6) is 0 Å². The Balaban J connectivity index is 2.33. The van der Waals surface area contributed by atoms with Gasteiger partial charge in [0.1, 0.15) is 0 Å². The standard InChI is InChI=1S/C15H13ClO/c16-15-8-6-12(7-9-15)10-14(11-17)13-4-2-1-3-5-13/h1-10,17H,11H2/b14-10-. The van der Waals surface area contributed by atoms with E-state index in [1.54, 1.807) is 0 Å². The summed E-state index contributed by atoms with van der Waals surface area (Å²) in [5, 5.41) is 10.1. The van der Waals surface area contributed by atoms with Crippen molar-refractivity contribution in [3.8, 4) is 0 Å². The molecule has 2 aromatic rings. The molecule has 2 aromatic carbocycles. The van der Waals surface area contributed by atoms with Crippen molar-refractivity contribution in [2.75, 3.05) is 6.61 Å². The molecule has 0 saturated carbocycles. The fraction of sp³-hybridized carbons (Fsp3) is 0.0667. The van der Waals surface area contributed by atoms with E-state index in [-0.39, 0.29) is 6.61 Å². The van der Waals surface area contributed by atoms with E-state index in [0.717, 1.165) is 16.7 Å². The molecule has 0 heterocycles. The fourth-order valence-corrected chi connectivity index (χ4v) is 1.76. The molecule has 86 valence electrons. The zero-order valence-electron chi connectivity index (χ0n) is 9.31. The summed E-state index contributed by atoms with van der Waals surface area (Å²) in [4.78, 5) is 0. The Morgan fingerprint density at radius 1 is 1.00 bits per heavy atom. The second kappa shape index (κ2) is 5.67. The molecule has 0 spiro atoms. The van der Waals surface area contributed by atoms with E-state index in [0.29, 0.717) is 5.02 Å². The number of aliphatic hydroxyl groups excluding tert-OH is 1. The Labute approximate surface area is 106 Å². The van der Waals surface area contributed by atoms with Gasteiger partial charge in [-0.1, -0.05) is 54.1 Å². The monoisotopic (exact) mass is 244 g/mol. The zero-order chi connectivity index (χ0) is 12.1. The van der Waals surface area contributed by atoms with Crippen LogP contribution in [-0.4, -0.2) is 11.7 Å². The lowest BCUT2D eigenvalue weighted by atomic mass is 10.0. The SMILES string of the molecule is OC/C(=C/c1ccc(Cl)cc1)c1ccccc1. The van der Waals surface area contributed by atoms with E-state index >= 15 is 0 Å². The van der Waals surface area contributed by atoms with E-state index < -0.39 is 0 Å². The first-order valence-corrected chi connectivity index (χ1v) is 5.80. The molecule has 0 bridgehead atoms. The highest BCUT2D eigenvalue weighted by atomic mass is 35.5. The van der Waals surface area contributed by atoms with Gasteiger partial charge in [-0.15, -0.1) is 0 Å². The highest BCUT2D eigenvalue weighted by Gasteiger charge is 1.99. The smallest absolute Gasteiger partial charge is 0.0687 e. The molecule has 2 heteroatoms. The Hall–Kier alpha value is -1.57. The van der Waals surface area contributed by atoms with Crippen LogP contribution in [0, 0.1) is 0 Å². The van der Waals surface area contributed by atoms with Crippen LogP contribution in [0.2, 0.25) is 5.02 Å². The molecular formula is C15H13ClO. The number of hydrogen-bond donors (Lipinski definition) is 1. The molecular weight excluding hydrogens is 232 g/mol. The van der Waals surface area contributed by atoms with E-state index in [9.17, 15) is 5.11 Å². The second-order valence-corrected chi connectivity index (χ2v) is 4.18. The normalized spacial score (nSPS) is 11.5. The number of halogens is 1. The molecule has 0 aliphatic carbocycles. The van der Waals surface area contributed by atoms with Crippen molar-refractivity contribution in [2.45, 2.75) is 0 Å². The molecule has 0 radical (unpaired) electrons. The molecule has 0 aliphatic heterocycles. The average Bonchev–Trinajstić information content (AvgIpc) is 2.39. The number of aliphatic hydroxyl groups is 1. The van der Waals surface area contributed by atoms with Gasteiger partial charge in [0.25, 0.3) is 0 Å². The lowest BCUT2D eigenvalue weighted by Crippen LogP contribution is -1.89. The van der Waals surface area contributed by atoms with E-state index in [1.165, 1.54) is 0 Å². The Kier molecular flexibility index (Phi) is 3.97. The summed E-state index contributed by atoms with van der Waals surface area (Å²) >= 11 is 5.83. The summed E-state index contributed by atoms with van der Waals surface area (Å²) in [6, 6.07) is 17.4. The first-order valence-electron chi connectivity index (χ1n) is 5.42. The molecule has 0 unspecified atom stereocenters. The lowest BCUT2D eigenvalue weighted by molar-refractivity contribution is 0.351. The third kappa shape index (κ3) is 3.19. The van der Waals surface area contributed by atoms with Crippen molar-refractivity contribution in [3.63, 3.8) is 0 Å². The van der Waals surface area contributed by atoms with Crippen molar-refractivity contribution in [1.82, 2.24) is 0 Å². The van der Waals surface area contributed by atoms with Crippen LogP contribution >= 0.6 is 11.6 Å². The molecule has 2 rings (SSSR count). The van der Waals surface area contributed by atoms with Crippen LogP contribution in [0.4, 0.5) is 0 Å². The van der Waals surface area contributed by atoms with Gasteiger partial charge in [-0.25, -0.2) is 0 Å². The first kappa shape index (κ1) is 11.9. The Morgan fingerprint density at radius 3 is 2.24 bits per heavy atom. The van der Waals surface area contributed by atoms with Crippen LogP contribution in [0.15, 0.2) is 54.6 Å². The maximum atomic E-state index is 9.40. The van der Waals surface area contributed by atoms with E-state index in [4.69, 9.17) is 11.6 Å². The summed E-state index contributed by atoms with van der Waals surface area (Å²) in [6.07, 6.45) is 1.96. The molecule has 0 aromatic heterocycles. The number of benzene rings is 2. The lowest BCUT2D eigenvalue weighted by Gasteiger charge is -2.04. The van der Waals surface area contributed by atoms with Crippen molar-refractivity contribution < 1.29 is 5.11 Å². The van der Waals surface area contributed by atoms with Crippen LogP contribution < -0.4 is 0 Å². The van der Waals surface area contributed by atoms with Crippen LogP contribution in [0.3, 0.4) is 0 Å². The average molecular weight is 245 g/mol. The van der Waals surface area contributed by atoms with Gasteiger partial charge < -0.3 is 5.11 Å². The molecule has 1 nitrogen and oxygen atoms in total. The van der Waals surface area contributed by atoms with Gasteiger partial charge in [-0.05, 0) is 34.9 Å². The minimum Gasteiger partial charge on any atom is -0.392 e. The predicted molar refractivity (Wildman–Crippen MR) is 72.9 cm³/mol. The van der Waals surface area contributed by atoms with Gasteiger partial charge in [0.05, 0.1) is 6.61 Å². The first-order chi connectivity index (χ1) is 8.29. The van der Waals surface area contributed by atoms with Gasteiger partial charge in [0.2, 0.25) is 0 Å². The van der Waals surface area contributed by atoms with Crippen LogP contribution in [0.25, 0.3) is 11.6 Å². The van der Waals surface area contributed by atoms with Gasteiger partial charge >= 0.3 is 0 Å². The molecule has 0 atom stereocenters. The van der Waals surface area contributed by atoms with Crippen LogP contribution in [0.1, 0.15) is 11.1 Å². The molecule has 1 N–H and O–H groups in total. The summed E-state index contributed by atoms with van der Waals surface area (Å²) in [5.41, 5.74) is 2.96. The quantitative estimate of drug-likeness (QED) is 0.813. The van der Waals surface area contributed by atoms with Gasteiger partial charge in [0, 0.05) is 5.02 Å². The maximum Gasteiger partial charge on any atom is 0.0687 e. The highest BCUT2D eigenvalue weighted by molar-refractivity contribution is 6.30. The Bertz CT molecular complexity index is 500. The van der Waals surface area contributed by atoms with Crippen LogP contribution in [-0.2, 0) is 0 Å². The fourth-order valence-electron chi connectivity index (χ4n) is 1.63. The Morgan fingerprint density at radius 2 is 1.65 bits per heavy atom. The summed E-state index contributed by atoms with van der Waals surface area (Å²) in [5.74, 6) is 0. The van der Waals surface area contributed by atoms with Gasteiger partial charge in [0.15, 0.2) is 0 Å².